The molecule has 22 heavy (non-hydrogen) atoms. The summed E-state index contributed by atoms with van der Waals surface area (Å²) in [6.07, 6.45) is 3.99. The highest BCUT2D eigenvalue weighted by molar-refractivity contribution is 5.46. The first kappa shape index (κ1) is 15.1. The number of ether oxygens (including phenoxy) is 1. The van der Waals surface area contributed by atoms with Gasteiger partial charge in [-0.1, -0.05) is 18.2 Å². The maximum absolute atomic E-state index is 5.53. The fourth-order valence-electron chi connectivity index (χ4n) is 3.10. The number of para-hydroxylation sites is 1. The molecule has 1 atom stereocenters. The van der Waals surface area contributed by atoms with Crippen LogP contribution < -0.4 is 10.2 Å². The van der Waals surface area contributed by atoms with Crippen LogP contribution in [0.5, 0.6) is 0 Å². The van der Waals surface area contributed by atoms with Crippen molar-refractivity contribution in [2.75, 3.05) is 31.7 Å². The van der Waals surface area contributed by atoms with E-state index >= 15 is 0 Å². The summed E-state index contributed by atoms with van der Waals surface area (Å²) < 4.78 is 10.9. The van der Waals surface area contributed by atoms with Crippen LogP contribution in [0.4, 0.5) is 5.69 Å². The molecule has 3 rings (SSSR count). The second kappa shape index (κ2) is 7.47. The summed E-state index contributed by atoms with van der Waals surface area (Å²) in [5, 5.41) is 3.69. The van der Waals surface area contributed by atoms with E-state index in [0.717, 1.165) is 31.7 Å². The minimum Gasteiger partial charge on any atom is -0.468 e. The van der Waals surface area contributed by atoms with Gasteiger partial charge in [0.05, 0.1) is 18.9 Å². The number of benzene rings is 1. The molecule has 2 heterocycles. The maximum atomic E-state index is 5.53. The van der Waals surface area contributed by atoms with Crippen LogP contribution in [-0.2, 0) is 4.74 Å². The molecule has 1 fully saturated rings. The van der Waals surface area contributed by atoms with Crippen LogP contribution in [0, 0.1) is 0 Å². The highest BCUT2D eigenvalue weighted by Crippen LogP contribution is 2.22. The van der Waals surface area contributed by atoms with Gasteiger partial charge in [-0.05, 0) is 37.1 Å². The quantitative estimate of drug-likeness (QED) is 0.889. The number of piperidine rings is 1. The van der Waals surface area contributed by atoms with E-state index in [4.69, 9.17) is 9.15 Å². The third kappa shape index (κ3) is 3.70. The van der Waals surface area contributed by atoms with Crippen LogP contribution >= 0.6 is 0 Å². The van der Waals surface area contributed by atoms with Crippen LogP contribution in [0.1, 0.15) is 24.6 Å². The van der Waals surface area contributed by atoms with Crippen molar-refractivity contribution < 1.29 is 9.15 Å². The normalized spacial score (nSPS) is 17.6. The van der Waals surface area contributed by atoms with Crippen molar-refractivity contribution in [1.82, 2.24) is 5.32 Å². The highest BCUT2D eigenvalue weighted by atomic mass is 16.5. The van der Waals surface area contributed by atoms with Crippen LogP contribution in [0.2, 0.25) is 0 Å². The molecule has 0 saturated carbocycles. The zero-order chi connectivity index (χ0) is 15.2. The zero-order valence-corrected chi connectivity index (χ0v) is 13.1. The molecule has 1 N–H and O–H groups in total. The second-order valence-corrected chi connectivity index (χ2v) is 5.79. The number of furan rings is 1. The molecule has 4 nitrogen and oxygen atoms in total. The number of methoxy groups -OCH3 is 1. The zero-order valence-electron chi connectivity index (χ0n) is 13.1. The molecule has 1 aliphatic rings. The van der Waals surface area contributed by atoms with E-state index in [1.807, 2.05) is 12.1 Å². The molecular weight excluding hydrogens is 276 g/mol. The summed E-state index contributed by atoms with van der Waals surface area (Å²) in [6.45, 7) is 2.80. The Hall–Kier alpha value is -1.78. The van der Waals surface area contributed by atoms with Crippen molar-refractivity contribution >= 4 is 5.69 Å². The standard InChI is InChI=1S/C18H24N2O2/c1-21-14-17(18-8-5-13-22-18)19-15-9-11-20(12-10-15)16-6-3-2-4-7-16/h2-8,13,15,17,19H,9-12,14H2,1H3. The third-order valence-corrected chi connectivity index (χ3v) is 4.27. The van der Waals surface area contributed by atoms with Crippen molar-refractivity contribution in [3.8, 4) is 0 Å². The smallest absolute Gasteiger partial charge is 0.123 e. The highest BCUT2D eigenvalue weighted by Gasteiger charge is 2.23. The molecule has 1 aliphatic heterocycles. The van der Waals surface area contributed by atoms with E-state index < -0.39 is 0 Å². The topological polar surface area (TPSA) is 37.6 Å². The van der Waals surface area contributed by atoms with E-state index in [1.165, 1.54) is 5.69 Å². The number of hydrogen-bond donors (Lipinski definition) is 1. The molecule has 118 valence electrons. The van der Waals surface area contributed by atoms with Gasteiger partial charge in [0.1, 0.15) is 5.76 Å². The number of nitrogens with one attached hydrogen (secondary N) is 1. The molecule has 0 bridgehead atoms. The van der Waals surface area contributed by atoms with Gasteiger partial charge in [-0.15, -0.1) is 0 Å². The summed E-state index contributed by atoms with van der Waals surface area (Å²) in [5.41, 5.74) is 1.32. The molecule has 0 spiro atoms. The van der Waals surface area contributed by atoms with Crippen LogP contribution in [-0.4, -0.2) is 32.8 Å². The van der Waals surface area contributed by atoms with Crippen molar-refractivity contribution in [2.45, 2.75) is 24.9 Å². The lowest BCUT2D eigenvalue weighted by Gasteiger charge is -2.35. The number of nitrogens with zero attached hydrogens (tertiary/aromatic N) is 1. The molecule has 0 amide bonds. The lowest BCUT2D eigenvalue weighted by Crippen LogP contribution is -2.44. The van der Waals surface area contributed by atoms with Gasteiger partial charge in [0.2, 0.25) is 0 Å². The number of hydrogen-bond acceptors (Lipinski definition) is 4. The van der Waals surface area contributed by atoms with Crippen LogP contribution in [0.15, 0.2) is 53.1 Å². The van der Waals surface area contributed by atoms with Crippen LogP contribution in [0.25, 0.3) is 0 Å². The van der Waals surface area contributed by atoms with Gasteiger partial charge in [-0.25, -0.2) is 0 Å². The van der Waals surface area contributed by atoms with Gasteiger partial charge in [0.25, 0.3) is 0 Å². The number of anilines is 1. The molecule has 4 heteroatoms. The molecular formula is C18H24N2O2. The Morgan fingerprint density at radius 3 is 2.59 bits per heavy atom. The first-order valence-corrected chi connectivity index (χ1v) is 7.95. The monoisotopic (exact) mass is 300 g/mol. The minimum absolute atomic E-state index is 0.133. The van der Waals surface area contributed by atoms with Gasteiger partial charge < -0.3 is 19.4 Å². The molecule has 1 unspecified atom stereocenters. The molecule has 0 radical (unpaired) electrons. The first-order valence-electron chi connectivity index (χ1n) is 7.95. The van der Waals surface area contributed by atoms with Gasteiger partial charge in [0, 0.05) is 31.9 Å². The molecule has 1 saturated heterocycles. The molecule has 1 aromatic heterocycles. The minimum atomic E-state index is 0.133. The van der Waals surface area contributed by atoms with Crippen molar-refractivity contribution in [1.29, 1.82) is 0 Å². The Labute approximate surface area is 132 Å². The fraction of sp³-hybridized carbons (Fsp3) is 0.444. The Morgan fingerprint density at radius 2 is 1.95 bits per heavy atom. The Bertz CT molecular complexity index is 533. The fourth-order valence-corrected chi connectivity index (χ4v) is 3.10. The Kier molecular flexibility index (Phi) is 5.14. The van der Waals surface area contributed by atoms with Crippen molar-refractivity contribution in [3.63, 3.8) is 0 Å². The van der Waals surface area contributed by atoms with Gasteiger partial charge >= 0.3 is 0 Å². The van der Waals surface area contributed by atoms with Crippen LogP contribution in [0.3, 0.4) is 0 Å². The SMILES string of the molecule is COCC(NC1CCN(c2ccccc2)CC1)c1ccco1. The predicted molar refractivity (Wildman–Crippen MR) is 88.1 cm³/mol. The third-order valence-electron chi connectivity index (χ3n) is 4.27. The van der Waals surface area contributed by atoms with E-state index in [0.29, 0.717) is 12.6 Å². The van der Waals surface area contributed by atoms with E-state index in [-0.39, 0.29) is 6.04 Å². The average Bonchev–Trinajstić information content (AvgIpc) is 3.10. The van der Waals surface area contributed by atoms with E-state index in [2.05, 4.69) is 40.5 Å². The average molecular weight is 300 g/mol. The van der Waals surface area contributed by atoms with E-state index in [9.17, 15) is 0 Å². The summed E-state index contributed by atoms with van der Waals surface area (Å²) in [5.74, 6) is 0.951. The Morgan fingerprint density at radius 1 is 1.18 bits per heavy atom. The summed E-state index contributed by atoms with van der Waals surface area (Å²) in [7, 11) is 1.73. The summed E-state index contributed by atoms with van der Waals surface area (Å²) in [6, 6.07) is 15.2. The Balaban J connectivity index is 1.54. The summed E-state index contributed by atoms with van der Waals surface area (Å²) in [4.78, 5) is 2.45. The largest absolute Gasteiger partial charge is 0.468 e. The number of rotatable bonds is 6. The van der Waals surface area contributed by atoms with Gasteiger partial charge in [0.15, 0.2) is 0 Å². The maximum Gasteiger partial charge on any atom is 0.123 e. The lowest BCUT2D eigenvalue weighted by molar-refractivity contribution is 0.147. The van der Waals surface area contributed by atoms with Gasteiger partial charge in [-0.3, -0.25) is 0 Å². The first-order chi connectivity index (χ1) is 10.9. The van der Waals surface area contributed by atoms with Gasteiger partial charge in [-0.2, -0.15) is 0 Å². The predicted octanol–water partition coefficient (Wildman–Crippen LogP) is 3.23. The van der Waals surface area contributed by atoms with Crippen molar-refractivity contribution in [2.24, 2.45) is 0 Å². The van der Waals surface area contributed by atoms with Crippen molar-refractivity contribution in [3.05, 3.63) is 54.5 Å². The summed E-state index contributed by atoms with van der Waals surface area (Å²) >= 11 is 0. The molecule has 2 aromatic rings. The molecule has 1 aromatic carbocycles. The second-order valence-electron chi connectivity index (χ2n) is 5.79. The molecule has 0 aliphatic carbocycles. The van der Waals surface area contributed by atoms with E-state index in [1.54, 1.807) is 13.4 Å². The lowest BCUT2D eigenvalue weighted by atomic mass is 10.0.